The average Bonchev–Trinajstić information content (AvgIpc) is 1.63. The Kier molecular flexibility index (Phi) is 38.8. The fourth-order valence-electron chi connectivity index (χ4n) is 13.7. The van der Waals surface area contributed by atoms with Crippen LogP contribution in [0.1, 0.15) is 116 Å². The third kappa shape index (κ3) is 30.3. The molecule has 122 heavy (non-hydrogen) atoms. The van der Waals surface area contributed by atoms with E-state index < -0.39 is 236 Å². The first-order chi connectivity index (χ1) is 57.7. The van der Waals surface area contributed by atoms with E-state index in [0.29, 0.717) is 34.0 Å². The van der Waals surface area contributed by atoms with Gasteiger partial charge in [-0.3, -0.25) is 81.5 Å². The van der Waals surface area contributed by atoms with E-state index in [4.69, 9.17) is 17.2 Å². The number of H-pyrrole nitrogens is 1. The topological polar surface area (TPSA) is 653 Å². The molecule has 2 aliphatic heterocycles. The Bertz CT molecular complexity index is 4400. The number of aromatic nitrogens is 1. The summed E-state index contributed by atoms with van der Waals surface area (Å²) in [7, 11) is 0. The molecule has 1 aromatic heterocycles. The number of phenols is 1. The number of aromatic hydroxyl groups is 1. The molecule has 3 heterocycles. The number of primary amides is 2. The lowest BCUT2D eigenvalue weighted by atomic mass is 9.99. The number of carboxylic acids is 2. The number of benzene rings is 3. The van der Waals surface area contributed by atoms with Crippen LogP contribution in [-0.2, 0) is 106 Å². The summed E-state index contributed by atoms with van der Waals surface area (Å²) in [5, 5.41) is 81.1. The van der Waals surface area contributed by atoms with Crippen LogP contribution in [0.5, 0.6) is 5.75 Å². The summed E-state index contributed by atoms with van der Waals surface area (Å²) in [6.45, 7) is 5.99. The molecule has 0 bridgehead atoms. The second-order valence-corrected chi connectivity index (χ2v) is 31.4. The van der Waals surface area contributed by atoms with Gasteiger partial charge in [0.1, 0.15) is 84.3 Å². The summed E-state index contributed by atoms with van der Waals surface area (Å²) < 4.78 is 0. The second-order valence-electron chi connectivity index (χ2n) is 30.6. The Labute approximate surface area is 712 Å². The van der Waals surface area contributed by atoms with Crippen molar-refractivity contribution in [2.45, 2.75) is 209 Å². The number of nitrogens with two attached hydrogens (primary N) is 3. The number of para-hydroxylation sites is 1. The minimum absolute atomic E-state index is 0.0322. The summed E-state index contributed by atoms with van der Waals surface area (Å²) in [6, 6.07) is -1.70. The molecule has 2 aliphatic rings. The largest absolute Gasteiger partial charge is 0.508 e. The Morgan fingerprint density at radius 1 is 0.492 bits per heavy atom. The lowest BCUT2D eigenvalue weighted by Crippen LogP contribution is -2.62. The van der Waals surface area contributed by atoms with E-state index in [1.165, 1.54) is 24.3 Å². The number of hydrogen-bond donors (Lipinski definition) is 23. The van der Waals surface area contributed by atoms with Gasteiger partial charge in [0, 0.05) is 67.4 Å². The van der Waals surface area contributed by atoms with Crippen molar-refractivity contribution in [3.05, 3.63) is 102 Å². The number of likely N-dealkylation sites (tertiary alicyclic amines) is 2. The molecule has 24 N–H and O–H groups in total. The van der Waals surface area contributed by atoms with Gasteiger partial charge in [0.2, 0.25) is 94.5 Å². The van der Waals surface area contributed by atoms with Crippen LogP contribution in [0, 0.1) is 11.8 Å². The zero-order chi connectivity index (χ0) is 90.4. The van der Waals surface area contributed by atoms with Crippen LogP contribution < -0.4 is 81.0 Å². The van der Waals surface area contributed by atoms with E-state index in [0.717, 1.165) is 16.7 Å². The van der Waals surface area contributed by atoms with E-state index in [9.17, 15) is 112 Å². The van der Waals surface area contributed by atoms with Gasteiger partial charge in [-0.25, -0.2) is 4.79 Å². The zero-order valence-electron chi connectivity index (χ0n) is 67.9. The molecule has 0 radical (unpaired) electrons. The van der Waals surface area contributed by atoms with Crippen LogP contribution in [0.4, 0.5) is 0 Å². The molecule has 15 atom stereocenters. The molecule has 41 nitrogen and oxygen atoms in total. The average molecular weight is 1740 g/mol. The highest BCUT2D eigenvalue weighted by Crippen LogP contribution is 2.25. The molecule has 6 rings (SSSR count). The number of nitrogens with zero attached hydrogens (tertiary/aromatic N) is 2. The number of aliphatic hydroxyl groups is 2. The van der Waals surface area contributed by atoms with E-state index in [1.807, 2.05) is 0 Å². The number of phenolic OH excluding ortho intramolecular Hbond substituents is 1. The van der Waals surface area contributed by atoms with Crippen molar-refractivity contribution in [2.24, 2.45) is 29.0 Å². The maximum atomic E-state index is 15.0. The number of fused-ring (bicyclic) bond motifs is 1. The molecular weight excluding hydrogens is 1630 g/mol. The standard InChI is InChI=1S/C79H110N18O23S2/c1-39(2)27-50(85-63(103)35-84-67(107)56(33-64(104)105)91-72(112)55(32-62(82)102)90-70(110)52(30-43-19-21-45(100)22-20-43)89-74(114)58(38-122)94-66(106)47(80)37-121)68(108)87-51(28-40(3)4)69(109)88-53(29-42-13-7-6-8-14-42)73(113)95-65(41(5)99)76(116)92-54(31-44-34-83-48-16-10-9-15-46(44)48)71(111)86-49(23-24-61(81)101)77(117)96-25-11-17-59(96)75(115)93-57(36-98)78(118)97-26-12-18-60(97)79(119)120/h6-10,13-16,19-22,34,39-41,47,49-60,65,83,98-100,121-122H,11-12,17-18,23-33,35-38,80H2,1-5H3,(H2,81,101)(H2,82,102)(H,84,107)(H,85,103)(H,86,111)(H,87,108)(H,88,109)(H,89,114)(H,90,110)(H,91,112)(H,92,116)(H,93,115)(H,94,106)(H,95,113)(H,104,105)(H,119,120)/t41-,47+,49+,50+,51+,52+,53+,54+,55+,56+,57+,58+,59+,60+,65+/m1/s1. The SMILES string of the molecule is CC(C)C[C@H](NC(=O)CNC(=O)[C@H](CC(=O)O)NC(=O)[C@H](CC(N)=O)NC(=O)[C@H](Cc1ccc(O)cc1)NC(=O)[C@H](CS)NC(=O)[C@@H](N)CS)C(=O)N[C@@H](CC(C)C)C(=O)N[C@@H](Cc1ccccc1)C(=O)N[C@H](C(=O)N[C@@H](Cc1c[nH]c2ccccc12)C(=O)N[C@@H](CCC(N)=O)C(=O)N1CCC[C@H]1C(=O)N[C@@H](CO)C(=O)N1CCC[C@H]1C(=O)O)[C@@H](C)O. The first-order valence-corrected chi connectivity index (χ1v) is 40.8. The fraction of sp³-hybridized carbons (Fsp3) is 0.519. The van der Waals surface area contributed by atoms with Crippen molar-refractivity contribution < 1.29 is 112 Å². The number of amides is 16. The van der Waals surface area contributed by atoms with Gasteiger partial charge in [-0.15, -0.1) is 0 Å². The first kappa shape index (κ1) is 98.9. The summed E-state index contributed by atoms with van der Waals surface area (Å²) >= 11 is 8.12. The summed E-state index contributed by atoms with van der Waals surface area (Å²) in [5.74, 6) is -20.8. The molecule has 666 valence electrons. The maximum Gasteiger partial charge on any atom is 0.326 e. The predicted molar refractivity (Wildman–Crippen MR) is 443 cm³/mol. The molecular formula is C79H110N18O23S2. The van der Waals surface area contributed by atoms with E-state index in [-0.39, 0.29) is 93.5 Å². The van der Waals surface area contributed by atoms with Gasteiger partial charge in [0.25, 0.3) is 0 Å². The number of thiol groups is 2. The van der Waals surface area contributed by atoms with Crippen molar-refractivity contribution in [2.75, 3.05) is 37.7 Å². The number of carbonyl (C=O) groups excluding carboxylic acids is 16. The van der Waals surface area contributed by atoms with Crippen molar-refractivity contribution in [1.82, 2.24) is 78.6 Å². The van der Waals surface area contributed by atoms with Crippen molar-refractivity contribution >= 4 is 143 Å². The van der Waals surface area contributed by atoms with Crippen molar-refractivity contribution in [1.29, 1.82) is 0 Å². The number of aromatic amines is 1. The third-order valence-corrected chi connectivity index (χ3v) is 20.7. The van der Waals surface area contributed by atoms with Crippen LogP contribution in [0.25, 0.3) is 10.9 Å². The van der Waals surface area contributed by atoms with Crippen LogP contribution in [-0.4, -0.2) is 275 Å². The van der Waals surface area contributed by atoms with E-state index in [1.54, 1.807) is 88.5 Å². The van der Waals surface area contributed by atoms with Gasteiger partial charge >= 0.3 is 11.9 Å². The van der Waals surface area contributed by atoms with Gasteiger partial charge in [-0.1, -0.05) is 88.4 Å². The van der Waals surface area contributed by atoms with Gasteiger partial charge in [0.05, 0.1) is 38.1 Å². The molecule has 2 fully saturated rings. The van der Waals surface area contributed by atoms with Crippen molar-refractivity contribution in [3.8, 4) is 5.75 Å². The Balaban J connectivity index is 1.18. The Hall–Kier alpha value is -12.0. The highest BCUT2D eigenvalue weighted by atomic mass is 32.1. The zero-order valence-corrected chi connectivity index (χ0v) is 69.7. The first-order valence-electron chi connectivity index (χ1n) is 39.6. The molecule has 0 saturated carbocycles. The second kappa shape index (κ2) is 47.9. The molecule has 16 amide bonds. The highest BCUT2D eigenvalue weighted by molar-refractivity contribution is 7.80. The molecule has 0 spiro atoms. The molecule has 43 heteroatoms. The van der Waals surface area contributed by atoms with Crippen LogP contribution in [0.3, 0.4) is 0 Å². The van der Waals surface area contributed by atoms with Gasteiger partial charge in [-0.2, -0.15) is 25.3 Å². The number of hydrogen-bond acceptors (Lipinski definition) is 24. The summed E-state index contributed by atoms with van der Waals surface area (Å²) in [6.07, 6.45) is -3.69. The predicted octanol–water partition coefficient (Wildman–Crippen LogP) is -5.32. The minimum atomic E-state index is -2.05. The van der Waals surface area contributed by atoms with E-state index >= 15 is 0 Å². The summed E-state index contributed by atoms with van der Waals surface area (Å²) in [4.78, 5) is 252. The number of aliphatic hydroxyl groups excluding tert-OH is 2. The highest BCUT2D eigenvalue weighted by Gasteiger charge is 2.44. The number of carbonyl (C=O) groups is 18. The molecule has 4 aromatic rings. The molecule has 2 saturated heterocycles. The number of rotatable bonds is 48. The Morgan fingerprint density at radius 3 is 1.50 bits per heavy atom. The molecule has 0 aliphatic carbocycles. The molecule has 3 aromatic carbocycles. The van der Waals surface area contributed by atoms with Gasteiger partial charge in [-0.05, 0) is 98.6 Å². The maximum absolute atomic E-state index is 15.0. The van der Waals surface area contributed by atoms with Crippen LogP contribution in [0.15, 0.2) is 85.1 Å². The number of aliphatic carboxylic acids is 2. The van der Waals surface area contributed by atoms with Crippen LogP contribution in [0.2, 0.25) is 0 Å². The number of nitrogens with one attached hydrogen (secondary N) is 13. The lowest BCUT2D eigenvalue weighted by Gasteiger charge is -2.31. The number of carboxylic acid groups (broad SMARTS) is 2. The quantitative estimate of drug-likeness (QED) is 0.0184. The fourth-order valence-corrected chi connectivity index (χ4v) is 14.1. The minimum Gasteiger partial charge on any atom is -0.508 e. The summed E-state index contributed by atoms with van der Waals surface area (Å²) in [5.41, 5.74) is 18.6. The smallest absolute Gasteiger partial charge is 0.326 e. The van der Waals surface area contributed by atoms with Crippen LogP contribution >= 0.6 is 25.3 Å². The van der Waals surface area contributed by atoms with Gasteiger partial charge < -0.3 is 121 Å². The lowest BCUT2D eigenvalue weighted by molar-refractivity contribution is -0.150. The van der Waals surface area contributed by atoms with E-state index in [2.05, 4.69) is 94.0 Å². The normalized spacial score (nSPS) is 17.0. The molecule has 0 unspecified atom stereocenters. The Morgan fingerprint density at radius 2 is 0.959 bits per heavy atom. The van der Waals surface area contributed by atoms with Crippen molar-refractivity contribution in [3.63, 3.8) is 0 Å². The van der Waals surface area contributed by atoms with Gasteiger partial charge in [0.15, 0.2) is 0 Å². The monoisotopic (exact) mass is 1740 g/mol. The third-order valence-electron chi connectivity index (χ3n) is 20.0.